The number of rotatable bonds is 7. The molecule has 134 valence electrons. The fourth-order valence-electron chi connectivity index (χ4n) is 2.47. The summed E-state index contributed by atoms with van der Waals surface area (Å²) in [6, 6.07) is 15.1. The van der Waals surface area contributed by atoms with Gasteiger partial charge in [0.15, 0.2) is 0 Å². The molecule has 0 aliphatic carbocycles. The van der Waals surface area contributed by atoms with Gasteiger partial charge in [-0.3, -0.25) is 4.79 Å². The number of halogens is 1. The zero-order valence-electron chi connectivity index (χ0n) is 14.2. The van der Waals surface area contributed by atoms with Gasteiger partial charge in [-0.2, -0.15) is 4.98 Å². The Kier molecular flexibility index (Phi) is 6.30. The van der Waals surface area contributed by atoms with E-state index in [1.54, 1.807) is 17.8 Å². The van der Waals surface area contributed by atoms with Crippen LogP contribution in [0.25, 0.3) is 11.4 Å². The van der Waals surface area contributed by atoms with Crippen LogP contribution < -0.4 is 5.32 Å². The van der Waals surface area contributed by atoms with Crippen LogP contribution in [-0.4, -0.2) is 22.3 Å². The third-order valence-corrected chi connectivity index (χ3v) is 4.88. The number of aryl methyl sites for hydroxylation is 1. The maximum Gasteiger partial charge on any atom is 0.226 e. The summed E-state index contributed by atoms with van der Waals surface area (Å²) in [5, 5.41) is 7.48. The molecule has 1 heterocycles. The average Bonchev–Trinajstić information content (AvgIpc) is 3.11. The topological polar surface area (TPSA) is 68.0 Å². The van der Waals surface area contributed by atoms with Gasteiger partial charge in [-0.05, 0) is 36.9 Å². The quantitative estimate of drug-likeness (QED) is 0.573. The number of anilines is 1. The van der Waals surface area contributed by atoms with Crippen LogP contribution in [-0.2, 0) is 11.2 Å². The number of benzene rings is 2. The van der Waals surface area contributed by atoms with E-state index in [0.717, 1.165) is 16.1 Å². The molecule has 0 unspecified atom stereocenters. The second-order valence-electron chi connectivity index (χ2n) is 5.59. The van der Waals surface area contributed by atoms with E-state index in [9.17, 15) is 4.79 Å². The Balaban J connectivity index is 1.52. The predicted molar refractivity (Wildman–Crippen MR) is 105 cm³/mol. The lowest BCUT2D eigenvalue weighted by Gasteiger charge is -2.08. The summed E-state index contributed by atoms with van der Waals surface area (Å²) < 4.78 is 5.26. The molecule has 2 aromatic carbocycles. The molecule has 0 bridgehead atoms. The molecule has 7 heteroatoms. The van der Waals surface area contributed by atoms with Crippen LogP contribution in [0.4, 0.5) is 5.69 Å². The van der Waals surface area contributed by atoms with Gasteiger partial charge < -0.3 is 9.84 Å². The Labute approximate surface area is 161 Å². The summed E-state index contributed by atoms with van der Waals surface area (Å²) in [4.78, 5) is 17.5. The normalized spacial score (nSPS) is 10.7. The summed E-state index contributed by atoms with van der Waals surface area (Å²) in [7, 11) is 0. The minimum Gasteiger partial charge on any atom is -0.339 e. The zero-order valence-corrected chi connectivity index (χ0v) is 15.8. The molecule has 3 aromatic rings. The van der Waals surface area contributed by atoms with Crippen molar-refractivity contribution >= 4 is 35.0 Å². The molecule has 0 spiro atoms. The molecule has 1 aromatic heterocycles. The second kappa shape index (κ2) is 8.87. The van der Waals surface area contributed by atoms with Crippen LogP contribution in [0.15, 0.2) is 57.9 Å². The Morgan fingerprint density at radius 3 is 2.77 bits per heavy atom. The third-order valence-electron chi connectivity index (χ3n) is 3.76. The van der Waals surface area contributed by atoms with Gasteiger partial charge in [-0.1, -0.05) is 41.0 Å². The smallest absolute Gasteiger partial charge is 0.226 e. The molecule has 1 N–H and O–H groups in total. The first kappa shape index (κ1) is 18.5. The van der Waals surface area contributed by atoms with E-state index in [0.29, 0.717) is 36.0 Å². The van der Waals surface area contributed by atoms with E-state index in [2.05, 4.69) is 15.5 Å². The molecule has 3 rings (SSSR count). The second-order valence-corrected chi connectivity index (χ2v) is 6.85. The number of para-hydroxylation sites is 1. The van der Waals surface area contributed by atoms with E-state index in [-0.39, 0.29) is 5.91 Å². The summed E-state index contributed by atoms with van der Waals surface area (Å²) in [6.07, 6.45) is 3.52. The van der Waals surface area contributed by atoms with E-state index in [4.69, 9.17) is 16.1 Å². The molecular weight excluding hydrogens is 370 g/mol. The number of hydrogen-bond acceptors (Lipinski definition) is 5. The minimum absolute atomic E-state index is 0.0302. The molecule has 1 amide bonds. The van der Waals surface area contributed by atoms with Crippen molar-refractivity contribution in [3.63, 3.8) is 0 Å². The predicted octanol–water partition coefficient (Wildman–Crippen LogP) is 5.07. The Hall–Kier alpha value is -2.31. The molecular formula is C19H18ClN3O2S. The van der Waals surface area contributed by atoms with E-state index < -0.39 is 0 Å². The van der Waals surface area contributed by atoms with Crippen molar-refractivity contribution in [1.29, 1.82) is 0 Å². The highest BCUT2D eigenvalue weighted by Crippen LogP contribution is 2.26. The van der Waals surface area contributed by atoms with Gasteiger partial charge in [0.2, 0.25) is 17.6 Å². The lowest BCUT2D eigenvalue weighted by Crippen LogP contribution is -2.12. The maximum absolute atomic E-state index is 12.1. The number of hydrogen-bond donors (Lipinski definition) is 1. The van der Waals surface area contributed by atoms with Crippen molar-refractivity contribution in [2.24, 2.45) is 0 Å². The first-order valence-electron chi connectivity index (χ1n) is 8.17. The monoisotopic (exact) mass is 387 g/mol. The van der Waals surface area contributed by atoms with Crippen molar-refractivity contribution < 1.29 is 9.32 Å². The number of amides is 1. The van der Waals surface area contributed by atoms with Crippen molar-refractivity contribution in [3.8, 4) is 11.4 Å². The van der Waals surface area contributed by atoms with E-state index in [1.807, 2.05) is 48.7 Å². The number of thioether (sulfide) groups is 1. The molecule has 0 aliphatic heterocycles. The van der Waals surface area contributed by atoms with Crippen LogP contribution in [0.1, 0.15) is 18.7 Å². The standard InChI is InChI=1S/C19H18ClN3O2S/c1-26-16-10-5-4-9-15(16)21-17(24)11-6-12-18-22-19(23-25-18)13-7-2-3-8-14(13)20/h2-5,7-10H,6,11-12H2,1H3,(H,21,24). The zero-order chi connectivity index (χ0) is 18.4. The number of nitrogens with zero attached hydrogens (tertiary/aromatic N) is 2. The van der Waals surface area contributed by atoms with Gasteiger partial charge >= 0.3 is 0 Å². The first-order chi connectivity index (χ1) is 12.7. The molecule has 0 saturated heterocycles. The van der Waals surface area contributed by atoms with Crippen LogP contribution >= 0.6 is 23.4 Å². The molecule has 0 radical (unpaired) electrons. The Morgan fingerprint density at radius 2 is 1.96 bits per heavy atom. The van der Waals surface area contributed by atoms with Crippen molar-refractivity contribution in [1.82, 2.24) is 10.1 Å². The van der Waals surface area contributed by atoms with Crippen molar-refractivity contribution in [2.45, 2.75) is 24.2 Å². The fourth-order valence-corrected chi connectivity index (χ4v) is 3.24. The summed E-state index contributed by atoms with van der Waals surface area (Å²) in [6.45, 7) is 0. The van der Waals surface area contributed by atoms with Crippen molar-refractivity contribution in [2.75, 3.05) is 11.6 Å². The number of aromatic nitrogens is 2. The van der Waals surface area contributed by atoms with Crippen LogP contribution in [0.3, 0.4) is 0 Å². The summed E-state index contributed by atoms with van der Waals surface area (Å²) >= 11 is 7.74. The highest BCUT2D eigenvalue weighted by Gasteiger charge is 2.12. The van der Waals surface area contributed by atoms with Gasteiger partial charge in [0.25, 0.3) is 0 Å². The van der Waals surface area contributed by atoms with Gasteiger partial charge in [-0.15, -0.1) is 11.8 Å². The highest BCUT2D eigenvalue weighted by atomic mass is 35.5. The number of nitrogens with one attached hydrogen (secondary N) is 1. The van der Waals surface area contributed by atoms with Gasteiger partial charge in [0, 0.05) is 23.3 Å². The van der Waals surface area contributed by atoms with Gasteiger partial charge in [0.1, 0.15) is 0 Å². The SMILES string of the molecule is CSc1ccccc1NC(=O)CCCc1nc(-c2ccccc2Cl)no1. The molecule has 0 saturated carbocycles. The summed E-state index contributed by atoms with van der Waals surface area (Å²) in [5.41, 5.74) is 1.57. The minimum atomic E-state index is -0.0302. The van der Waals surface area contributed by atoms with Crippen LogP contribution in [0, 0.1) is 0 Å². The lowest BCUT2D eigenvalue weighted by molar-refractivity contribution is -0.116. The molecule has 0 atom stereocenters. The Morgan fingerprint density at radius 1 is 1.19 bits per heavy atom. The molecule has 0 fully saturated rings. The first-order valence-corrected chi connectivity index (χ1v) is 9.78. The molecule has 26 heavy (non-hydrogen) atoms. The average molecular weight is 388 g/mol. The molecule has 0 aliphatic rings. The van der Waals surface area contributed by atoms with E-state index >= 15 is 0 Å². The number of carbonyl (C=O) groups is 1. The summed E-state index contributed by atoms with van der Waals surface area (Å²) in [5.74, 6) is 0.929. The molecule has 5 nitrogen and oxygen atoms in total. The lowest BCUT2D eigenvalue weighted by atomic mass is 10.2. The Bertz CT molecular complexity index is 898. The third kappa shape index (κ3) is 4.65. The van der Waals surface area contributed by atoms with Crippen LogP contribution in [0.2, 0.25) is 5.02 Å². The van der Waals surface area contributed by atoms with Crippen molar-refractivity contribution in [3.05, 3.63) is 59.4 Å². The van der Waals surface area contributed by atoms with E-state index in [1.165, 1.54) is 0 Å². The van der Waals surface area contributed by atoms with Crippen LogP contribution in [0.5, 0.6) is 0 Å². The number of carbonyl (C=O) groups excluding carboxylic acids is 1. The fraction of sp³-hybridized carbons (Fsp3) is 0.211. The maximum atomic E-state index is 12.1. The van der Waals surface area contributed by atoms with Gasteiger partial charge in [0.05, 0.1) is 10.7 Å². The highest BCUT2D eigenvalue weighted by molar-refractivity contribution is 7.98. The largest absolute Gasteiger partial charge is 0.339 e. The van der Waals surface area contributed by atoms with Gasteiger partial charge in [-0.25, -0.2) is 0 Å².